The molecule has 52 valence electrons. The minimum absolute atomic E-state index is 0. The molecular formula is C5H13ClNNaO. The molecule has 0 amide bonds. The maximum atomic E-state index is 5.40. The fraction of sp³-hybridized carbons (Fsp3) is 1.00. The van der Waals surface area contributed by atoms with Gasteiger partial charge in [0.15, 0.2) is 0 Å². The second-order valence-electron chi connectivity index (χ2n) is 1.54. The monoisotopic (exact) mass is 161 g/mol. The summed E-state index contributed by atoms with van der Waals surface area (Å²) in [6.45, 7) is 0.802. The third-order valence-electron chi connectivity index (χ3n) is 0.838. The average Bonchev–Trinajstić information content (AvgIpc) is 1.69. The van der Waals surface area contributed by atoms with Gasteiger partial charge in [-0.25, -0.2) is 0 Å². The van der Waals surface area contributed by atoms with Gasteiger partial charge in [0, 0.05) is 5.88 Å². The van der Waals surface area contributed by atoms with Crippen molar-refractivity contribution in [2.24, 2.45) is 5.73 Å². The number of hydrogen-bond donors (Lipinski definition) is 1. The molecule has 0 aliphatic rings. The van der Waals surface area contributed by atoms with Crippen LogP contribution in [0.15, 0.2) is 0 Å². The third-order valence-corrected chi connectivity index (χ3v) is 1.11. The summed E-state index contributed by atoms with van der Waals surface area (Å²) in [4.78, 5) is 0. The summed E-state index contributed by atoms with van der Waals surface area (Å²) in [7, 11) is 0. The standard InChI is InChI=1S/C5H12ClN.Na.H2O/c6-4-2-1-3-5-7;;/h1-5,7H2;;1H2/q;+1;/p-1. The minimum Gasteiger partial charge on any atom is -0.870 e. The van der Waals surface area contributed by atoms with E-state index in [9.17, 15) is 0 Å². The van der Waals surface area contributed by atoms with Crippen molar-refractivity contribution in [1.29, 1.82) is 0 Å². The molecule has 0 radical (unpaired) electrons. The molecule has 0 aliphatic heterocycles. The van der Waals surface area contributed by atoms with Gasteiger partial charge in [0.1, 0.15) is 0 Å². The zero-order chi connectivity index (χ0) is 5.54. The molecule has 3 N–H and O–H groups in total. The molecule has 0 aromatic heterocycles. The molecule has 0 aromatic carbocycles. The van der Waals surface area contributed by atoms with E-state index in [-0.39, 0.29) is 35.0 Å². The molecule has 9 heavy (non-hydrogen) atoms. The Bertz CT molecular complexity index is 36.1. The number of rotatable bonds is 4. The van der Waals surface area contributed by atoms with Crippen molar-refractivity contribution in [3.63, 3.8) is 0 Å². The van der Waals surface area contributed by atoms with Gasteiger partial charge in [-0.15, -0.1) is 11.6 Å². The van der Waals surface area contributed by atoms with E-state index in [1.807, 2.05) is 0 Å². The molecule has 0 saturated heterocycles. The maximum absolute atomic E-state index is 5.40. The first kappa shape index (κ1) is 16.7. The zero-order valence-electron chi connectivity index (χ0n) is 5.94. The summed E-state index contributed by atoms with van der Waals surface area (Å²) >= 11 is 5.40. The van der Waals surface area contributed by atoms with Crippen LogP contribution in [0.3, 0.4) is 0 Å². The summed E-state index contributed by atoms with van der Waals surface area (Å²) in [5.74, 6) is 0.778. The van der Waals surface area contributed by atoms with Gasteiger partial charge in [0.2, 0.25) is 0 Å². The summed E-state index contributed by atoms with van der Waals surface area (Å²) in [6.07, 6.45) is 3.41. The van der Waals surface area contributed by atoms with Crippen molar-refractivity contribution in [1.82, 2.24) is 0 Å². The van der Waals surface area contributed by atoms with Gasteiger partial charge in [-0.2, -0.15) is 0 Å². The van der Waals surface area contributed by atoms with Gasteiger partial charge in [0.05, 0.1) is 0 Å². The van der Waals surface area contributed by atoms with Gasteiger partial charge in [-0.05, 0) is 19.4 Å². The van der Waals surface area contributed by atoms with E-state index >= 15 is 0 Å². The van der Waals surface area contributed by atoms with Gasteiger partial charge in [-0.1, -0.05) is 6.42 Å². The summed E-state index contributed by atoms with van der Waals surface area (Å²) < 4.78 is 0. The Morgan fingerprint density at radius 1 is 1.11 bits per heavy atom. The van der Waals surface area contributed by atoms with Crippen molar-refractivity contribution < 1.29 is 35.0 Å². The second kappa shape index (κ2) is 16.1. The van der Waals surface area contributed by atoms with Crippen LogP contribution in [-0.4, -0.2) is 17.9 Å². The van der Waals surface area contributed by atoms with Crippen molar-refractivity contribution in [2.75, 3.05) is 12.4 Å². The minimum atomic E-state index is 0. The van der Waals surface area contributed by atoms with Crippen LogP contribution in [0.25, 0.3) is 0 Å². The van der Waals surface area contributed by atoms with E-state index in [1.54, 1.807) is 0 Å². The molecule has 2 nitrogen and oxygen atoms in total. The molecule has 0 fully saturated rings. The van der Waals surface area contributed by atoms with Gasteiger partial charge >= 0.3 is 29.6 Å². The number of hydrogen-bond acceptors (Lipinski definition) is 2. The van der Waals surface area contributed by atoms with Crippen molar-refractivity contribution in [3.8, 4) is 0 Å². The van der Waals surface area contributed by atoms with Crippen molar-refractivity contribution in [2.45, 2.75) is 19.3 Å². The average molecular weight is 162 g/mol. The number of unbranched alkanes of at least 4 members (excludes halogenated alkanes) is 2. The first-order valence-electron chi connectivity index (χ1n) is 2.68. The first-order chi connectivity index (χ1) is 3.41. The molecule has 0 unspecified atom stereocenters. The maximum Gasteiger partial charge on any atom is 1.00 e. The van der Waals surface area contributed by atoms with Gasteiger partial charge in [-0.3, -0.25) is 0 Å². The Hall–Kier alpha value is 1.21. The van der Waals surface area contributed by atoms with E-state index in [4.69, 9.17) is 17.3 Å². The zero-order valence-corrected chi connectivity index (χ0v) is 8.69. The Kier molecular flexibility index (Phi) is 29.8. The Balaban J connectivity index is -0.000000180. The van der Waals surface area contributed by atoms with E-state index in [0.29, 0.717) is 0 Å². The molecule has 0 aromatic rings. The fourth-order valence-corrected chi connectivity index (χ4v) is 0.605. The first-order valence-corrected chi connectivity index (χ1v) is 3.21. The van der Waals surface area contributed by atoms with Crippen LogP contribution in [0, 0.1) is 0 Å². The van der Waals surface area contributed by atoms with E-state index < -0.39 is 0 Å². The number of nitrogens with two attached hydrogens (primary N) is 1. The molecule has 4 heteroatoms. The molecule has 0 saturated carbocycles. The molecule has 0 aliphatic carbocycles. The van der Waals surface area contributed by atoms with Crippen LogP contribution in [0.1, 0.15) is 19.3 Å². The van der Waals surface area contributed by atoms with Crippen molar-refractivity contribution in [3.05, 3.63) is 0 Å². The van der Waals surface area contributed by atoms with Gasteiger partial charge in [0.25, 0.3) is 0 Å². The Morgan fingerprint density at radius 2 is 1.67 bits per heavy atom. The van der Waals surface area contributed by atoms with E-state index in [1.165, 1.54) is 6.42 Å². The fourth-order valence-electron chi connectivity index (χ4n) is 0.416. The summed E-state index contributed by atoms with van der Waals surface area (Å²) in [6, 6.07) is 0. The molecule has 0 heterocycles. The Morgan fingerprint density at radius 3 is 2.00 bits per heavy atom. The molecule has 0 atom stereocenters. The van der Waals surface area contributed by atoms with Crippen LogP contribution in [-0.2, 0) is 0 Å². The predicted molar refractivity (Wildman–Crippen MR) is 35.6 cm³/mol. The molecule has 0 bridgehead atoms. The number of halogens is 1. The second-order valence-corrected chi connectivity index (χ2v) is 1.92. The number of alkyl halides is 1. The topological polar surface area (TPSA) is 56.0 Å². The van der Waals surface area contributed by atoms with Crippen LogP contribution in [0.2, 0.25) is 0 Å². The quantitative estimate of drug-likeness (QED) is 0.300. The van der Waals surface area contributed by atoms with Crippen molar-refractivity contribution >= 4 is 11.6 Å². The molecule has 0 rings (SSSR count). The van der Waals surface area contributed by atoms with Gasteiger partial charge < -0.3 is 11.2 Å². The SMILES string of the molecule is NCCCCCCl.[Na+].[OH-]. The Labute approximate surface area is 83.7 Å². The third kappa shape index (κ3) is 17.6. The smallest absolute Gasteiger partial charge is 0.870 e. The molecule has 0 spiro atoms. The van der Waals surface area contributed by atoms with E-state index in [2.05, 4.69) is 0 Å². The summed E-state index contributed by atoms with van der Waals surface area (Å²) in [5.41, 5.74) is 5.23. The largest absolute Gasteiger partial charge is 1.00 e. The van der Waals surface area contributed by atoms with Crippen LogP contribution in [0.4, 0.5) is 0 Å². The molecular weight excluding hydrogens is 149 g/mol. The van der Waals surface area contributed by atoms with Crippen LogP contribution >= 0.6 is 11.6 Å². The predicted octanol–water partition coefficient (Wildman–Crippen LogP) is -1.82. The van der Waals surface area contributed by atoms with Crippen LogP contribution in [0.5, 0.6) is 0 Å². The van der Waals surface area contributed by atoms with Crippen LogP contribution < -0.4 is 35.3 Å². The van der Waals surface area contributed by atoms with E-state index in [0.717, 1.165) is 25.3 Å². The summed E-state index contributed by atoms with van der Waals surface area (Å²) in [5, 5.41) is 0. The normalized spacial score (nSPS) is 7.33.